The Balaban J connectivity index is 1.57. The minimum absolute atomic E-state index is 0.00581. The van der Waals surface area contributed by atoms with E-state index in [1.165, 1.54) is 0 Å². The number of pyridine rings is 1. The molecule has 0 bridgehead atoms. The zero-order chi connectivity index (χ0) is 19.8. The number of Topliss-reactive ketones (excluding diaryl/α,β-unsaturated/α-hetero) is 1. The number of carbonyl (C=O) groups excluding carboxylic acids is 1. The summed E-state index contributed by atoms with van der Waals surface area (Å²) in [7, 11) is 0. The maximum Gasteiger partial charge on any atom is 0.187 e. The van der Waals surface area contributed by atoms with Gasteiger partial charge in [-0.15, -0.1) is 0 Å². The third-order valence-electron chi connectivity index (χ3n) is 4.91. The van der Waals surface area contributed by atoms with Gasteiger partial charge < -0.3 is 4.98 Å². The van der Waals surface area contributed by atoms with Crippen molar-refractivity contribution >= 4 is 16.8 Å². The molecule has 0 unspecified atom stereocenters. The summed E-state index contributed by atoms with van der Waals surface area (Å²) in [4.78, 5) is 20.4. The molecule has 4 aromatic rings. The van der Waals surface area contributed by atoms with Gasteiger partial charge in [-0.3, -0.25) is 14.6 Å². The summed E-state index contributed by atoms with van der Waals surface area (Å²) in [5.41, 5.74) is 6.00. The van der Waals surface area contributed by atoms with E-state index in [1.807, 2.05) is 37.0 Å². The highest BCUT2D eigenvalue weighted by Crippen LogP contribution is 2.24. The molecule has 28 heavy (non-hydrogen) atoms. The van der Waals surface area contributed by atoms with E-state index in [1.54, 1.807) is 6.20 Å². The van der Waals surface area contributed by atoms with Crippen molar-refractivity contribution in [1.29, 1.82) is 0 Å². The van der Waals surface area contributed by atoms with Gasteiger partial charge in [-0.2, -0.15) is 10.2 Å². The molecular formula is C21H24N6O. The molecule has 0 saturated heterocycles. The van der Waals surface area contributed by atoms with Gasteiger partial charge in [0.1, 0.15) is 11.3 Å². The largest absolute Gasteiger partial charge is 0.339 e. The first-order valence-corrected chi connectivity index (χ1v) is 9.46. The van der Waals surface area contributed by atoms with E-state index in [0.29, 0.717) is 11.6 Å². The second-order valence-electron chi connectivity index (χ2n) is 7.73. The molecule has 0 fully saturated rings. The number of hydrogen-bond acceptors (Lipinski definition) is 4. The predicted molar refractivity (Wildman–Crippen MR) is 108 cm³/mol. The first-order chi connectivity index (χ1) is 13.4. The lowest BCUT2D eigenvalue weighted by Gasteiger charge is -2.03. The molecule has 4 rings (SSSR count). The average Bonchev–Trinajstić information content (AvgIpc) is 3.34. The summed E-state index contributed by atoms with van der Waals surface area (Å²) >= 11 is 0. The monoisotopic (exact) mass is 376 g/mol. The number of fused-ring (bicyclic) bond motifs is 1. The Morgan fingerprint density at radius 3 is 2.75 bits per heavy atom. The van der Waals surface area contributed by atoms with Crippen molar-refractivity contribution in [3.05, 3.63) is 53.2 Å². The number of carbonyl (C=O) groups is 1. The number of aromatic amines is 2. The molecule has 0 spiro atoms. The molecule has 4 aromatic heterocycles. The molecule has 0 aliphatic rings. The number of hydrogen-bond donors (Lipinski definition) is 2. The van der Waals surface area contributed by atoms with Gasteiger partial charge in [-0.25, -0.2) is 4.98 Å². The lowest BCUT2D eigenvalue weighted by atomic mass is 10.0. The van der Waals surface area contributed by atoms with Crippen LogP contribution in [0.25, 0.3) is 22.3 Å². The van der Waals surface area contributed by atoms with Gasteiger partial charge >= 0.3 is 0 Å². The van der Waals surface area contributed by atoms with Crippen molar-refractivity contribution in [2.75, 3.05) is 0 Å². The van der Waals surface area contributed by atoms with Crippen LogP contribution in [0.5, 0.6) is 0 Å². The van der Waals surface area contributed by atoms with Crippen molar-refractivity contribution in [2.45, 2.75) is 40.7 Å². The predicted octanol–water partition coefficient (Wildman–Crippen LogP) is 3.85. The van der Waals surface area contributed by atoms with Gasteiger partial charge in [-0.1, -0.05) is 13.8 Å². The zero-order valence-electron chi connectivity index (χ0n) is 16.6. The van der Waals surface area contributed by atoms with Crippen LogP contribution in [0.1, 0.15) is 41.2 Å². The molecule has 144 valence electrons. The number of rotatable bonds is 6. The van der Waals surface area contributed by atoms with Crippen LogP contribution in [-0.2, 0) is 13.0 Å². The van der Waals surface area contributed by atoms with E-state index in [4.69, 9.17) is 0 Å². The number of aryl methyl sites for hydroxylation is 1. The fourth-order valence-electron chi connectivity index (χ4n) is 3.32. The van der Waals surface area contributed by atoms with Crippen LogP contribution in [0.3, 0.4) is 0 Å². The third kappa shape index (κ3) is 3.47. The van der Waals surface area contributed by atoms with Crippen molar-refractivity contribution in [3.63, 3.8) is 0 Å². The highest BCUT2D eigenvalue weighted by atomic mass is 16.1. The fraction of sp³-hybridized carbons (Fsp3) is 0.333. The Morgan fingerprint density at radius 1 is 1.21 bits per heavy atom. The molecule has 0 aromatic carbocycles. The molecular weight excluding hydrogens is 352 g/mol. The van der Waals surface area contributed by atoms with Gasteiger partial charge in [0.05, 0.1) is 11.9 Å². The van der Waals surface area contributed by atoms with Gasteiger partial charge in [0, 0.05) is 47.6 Å². The summed E-state index contributed by atoms with van der Waals surface area (Å²) in [5, 5.41) is 12.4. The van der Waals surface area contributed by atoms with Gasteiger partial charge in [-0.05, 0) is 37.5 Å². The molecule has 7 nitrogen and oxygen atoms in total. The first-order valence-electron chi connectivity index (χ1n) is 9.46. The van der Waals surface area contributed by atoms with Crippen molar-refractivity contribution in [1.82, 2.24) is 29.9 Å². The lowest BCUT2D eigenvalue weighted by molar-refractivity contribution is 0.0987. The normalized spacial score (nSPS) is 11.6. The summed E-state index contributed by atoms with van der Waals surface area (Å²) in [6.07, 6.45) is 5.93. The smallest absolute Gasteiger partial charge is 0.187 e. The van der Waals surface area contributed by atoms with Crippen molar-refractivity contribution in [3.8, 4) is 11.3 Å². The molecule has 0 saturated carbocycles. The molecule has 0 aliphatic heterocycles. The highest BCUT2D eigenvalue weighted by molar-refractivity contribution is 5.97. The van der Waals surface area contributed by atoms with Crippen LogP contribution in [0.4, 0.5) is 0 Å². The second-order valence-corrected chi connectivity index (χ2v) is 7.73. The Labute approximate surface area is 163 Å². The van der Waals surface area contributed by atoms with E-state index in [2.05, 4.69) is 45.2 Å². The first kappa shape index (κ1) is 18.2. The summed E-state index contributed by atoms with van der Waals surface area (Å²) in [6, 6.07) is 4.06. The number of aromatic nitrogens is 6. The third-order valence-corrected chi connectivity index (χ3v) is 4.91. The van der Waals surface area contributed by atoms with Crippen LogP contribution < -0.4 is 0 Å². The van der Waals surface area contributed by atoms with Crippen LogP contribution >= 0.6 is 0 Å². The lowest BCUT2D eigenvalue weighted by Crippen LogP contribution is -2.06. The molecule has 0 amide bonds. The van der Waals surface area contributed by atoms with E-state index in [-0.39, 0.29) is 12.2 Å². The molecule has 2 N–H and O–H groups in total. The van der Waals surface area contributed by atoms with Crippen molar-refractivity contribution in [2.24, 2.45) is 5.92 Å². The molecule has 4 heterocycles. The fourth-order valence-corrected chi connectivity index (χ4v) is 3.32. The molecule has 0 atom stereocenters. The standard InChI is InChI=1S/C21H24N6O/c1-12(2)10-27-11-17(9-23-27)18-7-16-5-15(8-22-21(16)24-18)6-19(28)20-13(3)14(4)25-26-20/h5,7-9,11-12H,6,10H2,1-4H3,(H,22,24)(H,25,26). The van der Waals surface area contributed by atoms with E-state index >= 15 is 0 Å². The molecule has 7 heteroatoms. The second kappa shape index (κ2) is 7.07. The van der Waals surface area contributed by atoms with Crippen LogP contribution in [0.2, 0.25) is 0 Å². The van der Waals surface area contributed by atoms with Gasteiger partial charge in [0.2, 0.25) is 0 Å². The minimum Gasteiger partial charge on any atom is -0.339 e. The SMILES string of the molecule is Cc1[nH]nc(C(=O)Cc2cnc3[nH]c(-c4cnn(CC(C)C)c4)cc3c2)c1C. The summed E-state index contributed by atoms with van der Waals surface area (Å²) in [5.74, 6) is 0.535. The Hall–Kier alpha value is -3.22. The maximum absolute atomic E-state index is 12.6. The topological polar surface area (TPSA) is 92.2 Å². The summed E-state index contributed by atoms with van der Waals surface area (Å²) in [6.45, 7) is 9.05. The van der Waals surface area contributed by atoms with E-state index in [0.717, 1.165) is 45.7 Å². The number of nitrogens with one attached hydrogen (secondary N) is 2. The van der Waals surface area contributed by atoms with Crippen LogP contribution in [0.15, 0.2) is 30.7 Å². The Bertz CT molecular complexity index is 1150. The minimum atomic E-state index is -0.00581. The number of H-pyrrole nitrogens is 2. The van der Waals surface area contributed by atoms with Gasteiger partial charge in [0.15, 0.2) is 5.78 Å². The van der Waals surface area contributed by atoms with Crippen LogP contribution in [-0.4, -0.2) is 35.7 Å². The van der Waals surface area contributed by atoms with E-state index in [9.17, 15) is 4.79 Å². The zero-order valence-corrected chi connectivity index (χ0v) is 16.6. The number of nitrogens with zero attached hydrogens (tertiary/aromatic N) is 4. The van der Waals surface area contributed by atoms with Crippen LogP contribution in [0, 0.1) is 19.8 Å². The molecule has 0 aliphatic carbocycles. The highest BCUT2D eigenvalue weighted by Gasteiger charge is 2.16. The summed E-state index contributed by atoms with van der Waals surface area (Å²) < 4.78 is 1.96. The Kier molecular flexibility index (Phi) is 4.58. The van der Waals surface area contributed by atoms with Crippen molar-refractivity contribution < 1.29 is 4.79 Å². The quantitative estimate of drug-likeness (QED) is 0.500. The average molecular weight is 376 g/mol. The molecule has 0 radical (unpaired) electrons. The van der Waals surface area contributed by atoms with E-state index < -0.39 is 0 Å². The number of ketones is 1. The van der Waals surface area contributed by atoms with Gasteiger partial charge in [0.25, 0.3) is 0 Å². The maximum atomic E-state index is 12.6. The Morgan fingerprint density at radius 2 is 2.04 bits per heavy atom.